The zero-order chi connectivity index (χ0) is 18.1. The number of rotatable bonds is 4. The van der Waals surface area contributed by atoms with Gasteiger partial charge in [0.2, 0.25) is 0 Å². The Hall–Kier alpha value is -3.16. The Morgan fingerprint density at radius 2 is 1.58 bits per heavy atom. The lowest BCUT2D eigenvalue weighted by Crippen LogP contribution is -2.07. The van der Waals surface area contributed by atoms with Crippen LogP contribution in [0.25, 0.3) is 22.2 Å². The van der Waals surface area contributed by atoms with E-state index in [9.17, 15) is 0 Å². The SMILES string of the molecule is CC(C)c1ncc2nc(CC(C)c3cnc4ncncc4n3)ncc2n1. The van der Waals surface area contributed by atoms with Gasteiger partial charge >= 0.3 is 0 Å². The summed E-state index contributed by atoms with van der Waals surface area (Å²) in [5.41, 5.74) is 3.66. The molecule has 0 aromatic carbocycles. The average molecular weight is 346 g/mol. The highest BCUT2D eigenvalue weighted by atomic mass is 15.0. The standard InChI is InChI=1S/C18H18N8/c1-10(2)17-21-8-13-14(26-17)7-20-16(25-13)4-11(3)12-6-22-18-15(24-12)5-19-9-23-18/h5-11H,4H2,1-3H3. The maximum absolute atomic E-state index is 4.60. The van der Waals surface area contributed by atoms with Crippen molar-refractivity contribution in [1.82, 2.24) is 39.9 Å². The van der Waals surface area contributed by atoms with Crippen molar-refractivity contribution in [3.05, 3.63) is 48.5 Å². The minimum Gasteiger partial charge on any atom is -0.246 e. The topological polar surface area (TPSA) is 103 Å². The second-order valence-electron chi connectivity index (χ2n) is 6.57. The molecule has 0 aliphatic heterocycles. The molecule has 1 unspecified atom stereocenters. The summed E-state index contributed by atoms with van der Waals surface area (Å²) in [6.07, 6.45) is 9.06. The average Bonchev–Trinajstić information content (AvgIpc) is 2.67. The van der Waals surface area contributed by atoms with E-state index in [1.165, 1.54) is 6.33 Å². The van der Waals surface area contributed by atoms with Crippen LogP contribution in [0.15, 0.2) is 31.1 Å². The lowest BCUT2D eigenvalue weighted by atomic mass is 10.0. The molecule has 8 heteroatoms. The first kappa shape index (κ1) is 16.3. The number of hydrogen-bond acceptors (Lipinski definition) is 8. The van der Waals surface area contributed by atoms with Crippen molar-refractivity contribution in [2.75, 3.05) is 0 Å². The van der Waals surface area contributed by atoms with Gasteiger partial charge in [-0.2, -0.15) is 0 Å². The van der Waals surface area contributed by atoms with Gasteiger partial charge in [0.15, 0.2) is 5.65 Å². The van der Waals surface area contributed by atoms with E-state index in [1.54, 1.807) is 24.8 Å². The molecular weight excluding hydrogens is 328 g/mol. The fourth-order valence-electron chi connectivity index (χ4n) is 2.67. The molecule has 4 rings (SSSR count). The van der Waals surface area contributed by atoms with Gasteiger partial charge in [-0.1, -0.05) is 20.8 Å². The molecule has 4 aromatic heterocycles. The molecule has 0 N–H and O–H groups in total. The van der Waals surface area contributed by atoms with Crippen LogP contribution in [0.2, 0.25) is 0 Å². The minimum atomic E-state index is 0.111. The molecule has 0 fully saturated rings. The molecule has 0 aliphatic carbocycles. The third-order valence-electron chi connectivity index (χ3n) is 4.15. The van der Waals surface area contributed by atoms with Crippen LogP contribution in [-0.2, 0) is 6.42 Å². The summed E-state index contributed by atoms with van der Waals surface area (Å²) >= 11 is 0. The van der Waals surface area contributed by atoms with Crippen molar-refractivity contribution in [3.63, 3.8) is 0 Å². The van der Waals surface area contributed by atoms with Gasteiger partial charge in [0.25, 0.3) is 0 Å². The summed E-state index contributed by atoms with van der Waals surface area (Å²) in [6.45, 7) is 6.20. The van der Waals surface area contributed by atoms with Crippen molar-refractivity contribution in [2.24, 2.45) is 0 Å². The van der Waals surface area contributed by atoms with Crippen molar-refractivity contribution >= 4 is 22.2 Å². The molecule has 0 saturated heterocycles. The Morgan fingerprint density at radius 3 is 2.42 bits per heavy atom. The first-order chi connectivity index (χ1) is 12.6. The Kier molecular flexibility index (Phi) is 4.16. The Balaban J connectivity index is 1.59. The van der Waals surface area contributed by atoms with Crippen LogP contribution < -0.4 is 0 Å². The molecule has 4 heterocycles. The highest BCUT2D eigenvalue weighted by Crippen LogP contribution is 2.19. The molecule has 0 bridgehead atoms. The van der Waals surface area contributed by atoms with Crippen LogP contribution in [0.3, 0.4) is 0 Å². The van der Waals surface area contributed by atoms with E-state index in [1.807, 2.05) is 0 Å². The summed E-state index contributed by atoms with van der Waals surface area (Å²) in [5.74, 6) is 1.92. The Labute approximate surface area is 150 Å². The van der Waals surface area contributed by atoms with Crippen molar-refractivity contribution in [1.29, 1.82) is 0 Å². The molecule has 26 heavy (non-hydrogen) atoms. The second-order valence-corrected chi connectivity index (χ2v) is 6.57. The highest BCUT2D eigenvalue weighted by Gasteiger charge is 2.13. The van der Waals surface area contributed by atoms with E-state index >= 15 is 0 Å². The van der Waals surface area contributed by atoms with Crippen LogP contribution in [0.1, 0.15) is 49.9 Å². The molecule has 0 saturated carbocycles. The van der Waals surface area contributed by atoms with Gasteiger partial charge in [0.05, 0.1) is 30.5 Å². The molecular formula is C18H18N8. The third-order valence-corrected chi connectivity index (χ3v) is 4.15. The number of hydrogen-bond donors (Lipinski definition) is 0. The monoisotopic (exact) mass is 346 g/mol. The summed E-state index contributed by atoms with van der Waals surface area (Å²) in [4.78, 5) is 35.0. The minimum absolute atomic E-state index is 0.111. The number of aromatic nitrogens is 8. The van der Waals surface area contributed by atoms with Gasteiger partial charge in [-0.25, -0.2) is 39.9 Å². The molecule has 0 aliphatic rings. The van der Waals surface area contributed by atoms with Crippen molar-refractivity contribution in [2.45, 2.75) is 39.0 Å². The van der Waals surface area contributed by atoms with Gasteiger partial charge in [-0.3, -0.25) is 0 Å². The van der Waals surface area contributed by atoms with Gasteiger partial charge < -0.3 is 0 Å². The summed E-state index contributed by atoms with van der Waals surface area (Å²) in [7, 11) is 0. The largest absolute Gasteiger partial charge is 0.246 e. The lowest BCUT2D eigenvalue weighted by molar-refractivity contribution is 0.697. The van der Waals surface area contributed by atoms with Gasteiger partial charge in [0.1, 0.15) is 34.5 Å². The molecule has 0 radical (unpaired) electrons. The molecule has 130 valence electrons. The molecule has 0 spiro atoms. The quantitative estimate of drug-likeness (QED) is 0.555. The normalized spacial score (nSPS) is 12.8. The number of fused-ring (bicyclic) bond motifs is 2. The second kappa shape index (κ2) is 6.62. The Bertz CT molecular complexity index is 1080. The zero-order valence-electron chi connectivity index (χ0n) is 14.8. The number of nitrogens with zero attached hydrogens (tertiary/aromatic N) is 8. The van der Waals surface area contributed by atoms with Crippen molar-refractivity contribution < 1.29 is 0 Å². The molecule has 0 amide bonds. The molecule has 8 nitrogen and oxygen atoms in total. The van der Waals surface area contributed by atoms with E-state index < -0.39 is 0 Å². The summed E-state index contributed by atoms with van der Waals surface area (Å²) in [6, 6.07) is 0. The van der Waals surface area contributed by atoms with Crippen molar-refractivity contribution in [3.8, 4) is 0 Å². The van der Waals surface area contributed by atoms with Gasteiger partial charge in [-0.05, 0) is 0 Å². The third kappa shape index (κ3) is 3.17. The predicted molar refractivity (Wildman–Crippen MR) is 96.5 cm³/mol. The smallest absolute Gasteiger partial charge is 0.181 e. The predicted octanol–water partition coefficient (Wildman–Crippen LogP) is 2.62. The lowest BCUT2D eigenvalue weighted by Gasteiger charge is -2.10. The van der Waals surface area contributed by atoms with Gasteiger partial charge in [-0.15, -0.1) is 0 Å². The van der Waals surface area contributed by atoms with Crippen LogP contribution in [0, 0.1) is 0 Å². The fourth-order valence-corrected chi connectivity index (χ4v) is 2.67. The van der Waals surface area contributed by atoms with E-state index in [2.05, 4.69) is 60.6 Å². The van der Waals surface area contributed by atoms with Gasteiger partial charge in [0, 0.05) is 18.3 Å². The van der Waals surface area contributed by atoms with Crippen LogP contribution >= 0.6 is 0 Å². The Morgan fingerprint density at radius 1 is 0.769 bits per heavy atom. The molecule has 4 aromatic rings. The maximum Gasteiger partial charge on any atom is 0.181 e. The fraction of sp³-hybridized carbons (Fsp3) is 0.333. The highest BCUT2D eigenvalue weighted by molar-refractivity contribution is 5.71. The first-order valence-electron chi connectivity index (χ1n) is 8.51. The van der Waals surface area contributed by atoms with Crippen LogP contribution in [0.4, 0.5) is 0 Å². The summed E-state index contributed by atoms with van der Waals surface area (Å²) in [5, 5.41) is 0. The maximum atomic E-state index is 4.60. The molecule has 1 atom stereocenters. The van der Waals surface area contributed by atoms with E-state index in [0.29, 0.717) is 17.6 Å². The zero-order valence-corrected chi connectivity index (χ0v) is 14.8. The van der Waals surface area contributed by atoms with Crippen LogP contribution in [-0.4, -0.2) is 39.9 Å². The first-order valence-corrected chi connectivity index (χ1v) is 8.51. The van der Waals surface area contributed by atoms with E-state index in [-0.39, 0.29) is 11.8 Å². The summed E-state index contributed by atoms with van der Waals surface area (Å²) < 4.78 is 0. The van der Waals surface area contributed by atoms with Crippen LogP contribution in [0.5, 0.6) is 0 Å². The van der Waals surface area contributed by atoms with E-state index in [0.717, 1.165) is 28.4 Å². The van der Waals surface area contributed by atoms with E-state index in [4.69, 9.17) is 0 Å².